The largest absolute Gasteiger partial charge is 0.333 e. The van der Waals surface area contributed by atoms with Crippen LogP contribution >= 0.6 is 0 Å². The second-order valence-electron chi connectivity index (χ2n) is 7.31. The van der Waals surface area contributed by atoms with E-state index >= 15 is 0 Å². The first kappa shape index (κ1) is 19.6. The molecule has 0 heterocycles. The van der Waals surface area contributed by atoms with Crippen LogP contribution in [0.4, 0.5) is 19.3 Å². The van der Waals surface area contributed by atoms with Gasteiger partial charge in [-0.3, -0.25) is 0 Å². The smallest absolute Gasteiger partial charge is 0.307 e. The Labute approximate surface area is 167 Å². The Kier molecular flexibility index (Phi) is 5.12. The molecular formula is C21H20F2N2O3S. The Morgan fingerprint density at radius 3 is 2.21 bits per heavy atom. The maximum atomic E-state index is 13.2. The first-order valence-corrected chi connectivity index (χ1v) is 11.0. The zero-order valence-electron chi connectivity index (χ0n) is 15.6. The first-order chi connectivity index (χ1) is 13.8. The van der Waals surface area contributed by atoms with E-state index in [0.29, 0.717) is 0 Å². The topological polar surface area (TPSA) is 75.3 Å². The number of carbonyl (C=O) groups is 1. The number of hydrogen-bond acceptors (Lipinski definition) is 3. The molecule has 2 aliphatic rings. The van der Waals surface area contributed by atoms with Crippen molar-refractivity contribution in [3.63, 3.8) is 0 Å². The highest BCUT2D eigenvalue weighted by Crippen LogP contribution is 2.38. The van der Waals surface area contributed by atoms with E-state index in [1.54, 1.807) is 0 Å². The number of anilines is 1. The second-order valence-corrected chi connectivity index (χ2v) is 8.88. The minimum atomic E-state index is -4.11. The van der Waals surface area contributed by atoms with E-state index in [4.69, 9.17) is 0 Å². The number of amides is 2. The number of sulfonamides is 1. The molecule has 152 valence electrons. The van der Waals surface area contributed by atoms with Crippen molar-refractivity contribution in [2.75, 3.05) is 5.32 Å². The summed E-state index contributed by atoms with van der Waals surface area (Å²) in [5, 5.41) is 3.49. The molecule has 2 aliphatic carbocycles. The van der Waals surface area contributed by atoms with Gasteiger partial charge in [0, 0.05) is 5.69 Å². The molecule has 0 saturated carbocycles. The van der Waals surface area contributed by atoms with Gasteiger partial charge >= 0.3 is 6.03 Å². The summed E-state index contributed by atoms with van der Waals surface area (Å²) in [6.45, 7) is 0. The summed E-state index contributed by atoms with van der Waals surface area (Å²) in [4.78, 5) is 12.4. The van der Waals surface area contributed by atoms with Gasteiger partial charge in [0.05, 0.1) is 5.41 Å². The van der Waals surface area contributed by atoms with Crippen LogP contribution in [-0.2, 0) is 35.7 Å². The highest BCUT2D eigenvalue weighted by molar-refractivity contribution is 7.93. The molecule has 0 spiro atoms. The quantitative estimate of drug-likeness (QED) is 0.786. The van der Waals surface area contributed by atoms with Crippen molar-refractivity contribution >= 4 is 27.8 Å². The van der Waals surface area contributed by atoms with Crippen molar-refractivity contribution in [2.45, 2.75) is 38.5 Å². The lowest BCUT2D eigenvalue weighted by Crippen LogP contribution is -2.33. The number of nitrogens with one attached hydrogen (secondary N) is 2. The zero-order chi connectivity index (χ0) is 20.6. The lowest BCUT2D eigenvalue weighted by Gasteiger charge is -2.16. The highest BCUT2D eigenvalue weighted by Gasteiger charge is 2.25. The van der Waals surface area contributed by atoms with Crippen molar-refractivity contribution < 1.29 is 22.0 Å². The average Bonchev–Trinajstić information content (AvgIpc) is 3.31. The fourth-order valence-corrected chi connectivity index (χ4v) is 4.77. The van der Waals surface area contributed by atoms with Crippen molar-refractivity contribution in [3.05, 3.63) is 69.1 Å². The fraction of sp³-hybridized carbons (Fsp3) is 0.286. The van der Waals surface area contributed by atoms with E-state index < -0.39 is 27.7 Å². The lowest BCUT2D eigenvalue weighted by molar-refractivity contribution is 0.256. The number of halogens is 2. The van der Waals surface area contributed by atoms with E-state index in [2.05, 4.69) is 11.4 Å². The Hall–Kier alpha value is -2.74. The molecule has 8 heteroatoms. The Morgan fingerprint density at radius 2 is 1.59 bits per heavy atom. The maximum absolute atomic E-state index is 13.2. The standard InChI is InChI=1S/C21H20F2N2O3S/c22-18-8-7-13(11-19(18)23)9-10-29(27,28)25-21(26)24-20-16-5-1-3-14(16)12-15-4-2-6-17(15)20/h7-12H,1-6H2,(H2,24,25,26)/b10-9+. The summed E-state index contributed by atoms with van der Waals surface area (Å²) in [5.41, 5.74) is 5.54. The third-order valence-electron chi connectivity index (χ3n) is 5.33. The zero-order valence-corrected chi connectivity index (χ0v) is 16.4. The Morgan fingerprint density at radius 1 is 0.931 bits per heavy atom. The lowest BCUT2D eigenvalue weighted by atomic mass is 9.99. The molecule has 2 aromatic rings. The molecular weight excluding hydrogens is 398 g/mol. The van der Waals surface area contributed by atoms with Crippen molar-refractivity contribution in [1.82, 2.24) is 4.72 Å². The minimum absolute atomic E-state index is 0.161. The van der Waals surface area contributed by atoms with Crippen LogP contribution in [0.25, 0.3) is 6.08 Å². The molecule has 2 aromatic carbocycles. The molecule has 0 aliphatic heterocycles. The highest BCUT2D eigenvalue weighted by atomic mass is 32.2. The molecule has 0 atom stereocenters. The third kappa shape index (κ3) is 4.17. The number of hydrogen-bond donors (Lipinski definition) is 2. The fourth-order valence-electron chi connectivity index (χ4n) is 4.05. The number of aryl methyl sites for hydroxylation is 2. The van der Waals surface area contributed by atoms with Crippen LogP contribution in [0, 0.1) is 11.6 Å². The van der Waals surface area contributed by atoms with E-state index in [1.165, 1.54) is 17.2 Å². The summed E-state index contributed by atoms with van der Waals surface area (Å²) >= 11 is 0. The van der Waals surface area contributed by atoms with Gasteiger partial charge in [-0.05, 0) is 84.6 Å². The van der Waals surface area contributed by atoms with Gasteiger partial charge in [0.25, 0.3) is 10.0 Å². The van der Waals surface area contributed by atoms with Gasteiger partial charge in [-0.25, -0.2) is 26.7 Å². The summed E-state index contributed by atoms with van der Waals surface area (Å²) in [6, 6.07) is 4.39. The third-order valence-corrected chi connectivity index (χ3v) is 6.29. The molecule has 0 unspecified atom stereocenters. The van der Waals surface area contributed by atoms with Gasteiger partial charge < -0.3 is 5.32 Å². The summed E-state index contributed by atoms with van der Waals surface area (Å²) < 4.78 is 52.5. The van der Waals surface area contributed by atoms with E-state index in [0.717, 1.165) is 79.0 Å². The van der Waals surface area contributed by atoms with Gasteiger partial charge in [-0.1, -0.05) is 12.1 Å². The molecule has 0 saturated heterocycles. The van der Waals surface area contributed by atoms with Crippen molar-refractivity contribution in [3.8, 4) is 0 Å². The minimum Gasteiger partial charge on any atom is -0.307 e. The SMILES string of the molecule is O=C(Nc1c2c(cc3c1CCC3)CCC2)NS(=O)(=O)/C=C/c1ccc(F)c(F)c1. The number of urea groups is 1. The molecule has 2 N–H and O–H groups in total. The first-order valence-electron chi connectivity index (χ1n) is 9.46. The molecule has 0 bridgehead atoms. The van der Waals surface area contributed by atoms with Gasteiger partial charge in [-0.15, -0.1) is 0 Å². The van der Waals surface area contributed by atoms with E-state index in [-0.39, 0.29) is 5.56 Å². The molecule has 0 fully saturated rings. The van der Waals surface area contributed by atoms with Crippen LogP contribution in [-0.4, -0.2) is 14.4 Å². The Bertz CT molecular complexity index is 1090. The second kappa shape index (κ2) is 7.59. The van der Waals surface area contributed by atoms with E-state index in [1.807, 2.05) is 4.72 Å². The Balaban J connectivity index is 1.50. The van der Waals surface area contributed by atoms with Crippen molar-refractivity contribution in [1.29, 1.82) is 0 Å². The van der Waals surface area contributed by atoms with Gasteiger partial charge in [0.15, 0.2) is 11.6 Å². The van der Waals surface area contributed by atoms with Gasteiger partial charge in [0.1, 0.15) is 0 Å². The number of rotatable bonds is 4. The molecule has 0 radical (unpaired) electrons. The summed E-state index contributed by atoms with van der Waals surface area (Å²) in [7, 11) is -4.11. The van der Waals surface area contributed by atoms with Crippen LogP contribution in [0.3, 0.4) is 0 Å². The monoisotopic (exact) mass is 418 g/mol. The molecule has 4 rings (SSSR count). The molecule has 5 nitrogen and oxygen atoms in total. The molecule has 2 amide bonds. The van der Waals surface area contributed by atoms with E-state index in [9.17, 15) is 22.0 Å². The predicted molar refractivity (Wildman–Crippen MR) is 107 cm³/mol. The number of benzene rings is 2. The van der Waals surface area contributed by atoms with Crippen LogP contribution < -0.4 is 10.0 Å². The van der Waals surface area contributed by atoms with Crippen LogP contribution in [0.5, 0.6) is 0 Å². The molecule has 29 heavy (non-hydrogen) atoms. The summed E-state index contributed by atoms with van der Waals surface area (Å²) in [5.74, 6) is -2.10. The van der Waals surface area contributed by atoms with Crippen LogP contribution in [0.15, 0.2) is 29.7 Å². The van der Waals surface area contributed by atoms with Crippen LogP contribution in [0.1, 0.15) is 40.7 Å². The summed E-state index contributed by atoms with van der Waals surface area (Å²) in [6.07, 6.45) is 6.79. The van der Waals surface area contributed by atoms with Gasteiger partial charge in [0.2, 0.25) is 0 Å². The predicted octanol–water partition coefficient (Wildman–Crippen LogP) is 4.06. The van der Waals surface area contributed by atoms with Crippen LogP contribution in [0.2, 0.25) is 0 Å². The normalized spacial score (nSPS) is 15.4. The van der Waals surface area contributed by atoms with Gasteiger partial charge in [-0.2, -0.15) is 0 Å². The molecule has 0 aromatic heterocycles. The van der Waals surface area contributed by atoms with Crippen molar-refractivity contribution in [2.24, 2.45) is 0 Å². The number of carbonyl (C=O) groups excluding carboxylic acids is 1. The average molecular weight is 418 g/mol. The number of fused-ring (bicyclic) bond motifs is 2. The maximum Gasteiger partial charge on any atom is 0.333 e.